The van der Waals surface area contributed by atoms with Crippen LogP contribution < -0.4 is 5.32 Å². The molecule has 0 radical (unpaired) electrons. The second-order valence-electron chi connectivity index (χ2n) is 6.32. The van der Waals surface area contributed by atoms with Gasteiger partial charge in [0.25, 0.3) is 5.91 Å². The van der Waals surface area contributed by atoms with Gasteiger partial charge in [-0.15, -0.1) is 11.3 Å². The van der Waals surface area contributed by atoms with Crippen LogP contribution in [0.5, 0.6) is 0 Å². The Labute approximate surface area is 147 Å². The first kappa shape index (κ1) is 16.7. The van der Waals surface area contributed by atoms with E-state index in [-0.39, 0.29) is 11.9 Å². The van der Waals surface area contributed by atoms with Crippen LogP contribution in [-0.4, -0.2) is 5.91 Å². The first-order valence-electron chi connectivity index (χ1n) is 8.47. The van der Waals surface area contributed by atoms with Crippen molar-refractivity contribution in [3.8, 4) is 0 Å². The highest BCUT2D eigenvalue weighted by Gasteiger charge is 2.15. The average Bonchev–Trinajstić information content (AvgIpc) is 3.05. The fourth-order valence-corrected chi connectivity index (χ4v) is 3.80. The lowest BCUT2D eigenvalue weighted by Crippen LogP contribution is -2.26. The summed E-state index contributed by atoms with van der Waals surface area (Å²) in [5.41, 5.74) is 3.25. The fraction of sp³-hybridized carbons (Fsp3) is 0.286. The van der Waals surface area contributed by atoms with Crippen LogP contribution in [0, 0.1) is 0 Å². The van der Waals surface area contributed by atoms with Crippen molar-refractivity contribution in [1.29, 1.82) is 0 Å². The molecule has 1 N–H and O–H groups in total. The van der Waals surface area contributed by atoms with E-state index >= 15 is 0 Å². The number of rotatable bonds is 5. The van der Waals surface area contributed by atoms with Crippen LogP contribution in [0.25, 0.3) is 10.1 Å². The summed E-state index contributed by atoms with van der Waals surface area (Å²) >= 11 is 1.61. The SMILES string of the molecule is CCC(C)c1ccc(C(C)NC(=O)c2csc3ccccc23)cc1. The van der Waals surface area contributed by atoms with Gasteiger partial charge >= 0.3 is 0 Å². The Kier molecular flexibility index (Phi) is 5.00. The number of benzene rings is 2. The highest BCUT2D eigenvalue weighted by molar-refractivity contribution is 7.17. The van der Waals surface area contributed by atoms with Gasteiger partial charge in [-0.25, -0.2) is 0 Å². The third-order valence-electron chi connectivity index (χ3n) is 4.69. The van der Waals surface area contributed by atoms with Gasteiger partial charge in [0.2, 0.25) is 0 Å². The van der Waals surface area contributed by atoms with Gasteiger partial charge in [0.15, 0.2) is 0 Å². The molecule has 0 fully saturated rings. The summed E-state index contributed by atoms with van der Waals surface area (Å²) in [4.78, 5) is 12.6. The summed E-state index contributed by atoms with van der Waals surface area (Å²) in [5.74, 6) is 0.562. The molecule has 3 aromatic rings. The van der Waals surface area contributed by atoms with Crippen molar-refractivity contribution in [2.75, 3.05) is 0 Å². The highest BCUT2D eigenvalue weighted by Crippen LogP contribution is 2.26. The van der Waals surface area contributed by atoms with Gasteiger partial charge in [0, 0.05) is 15.5 Å². The molecule has 3 heteroatoms. The molecule has 0 aliphatic heterocycles. The number of carbonyl (C=O) groups is 1. The number of carbonyl (C=O) groups excluding carboxylic acids is 1. The minimum Gasteiger partial charge on any atom is -0.345 e. The maximum absolute atomic E-state index is 12.6. The molecule has 24 heavy (non-hydrogen) atoms. The molecule has 2 nitrogen and oxygen atoms in total. The highest BCUT2D eigenvalue weighted by atomic mass is 32.1. The van der Waals surface area contributed by atoms with E-state index in [9.17, 15) is 4.79 Å². The predicted molar refractivity (Wildman–Crippen MR) is 103 cm³/mol. The molecule has 1 aromatic heterocycles. The molecule has 1 heterocycles. The molecule has 2 atom stereocenters. The Morgan fingerprint density at radius 1 is 1.04 bits per heavy atom. The van der Waals surface area contributed by atoms with Crippen molar-refractivity contribution in [3.63, 3.8) is 0 Å². The Balaban J connectivity index is 1.74. The molecule has 0 spiro atoms. The molecule has 0 aliphatic carbocycles. The smallest absolute Gasteiger partial charge is 0.253 e. The lowest BCUT2D eigenvalue weighted by molar-refractivity contribution is 0.0942. The van der Waals surface area contributed by atoms with Gasteiger partial charge in [-0.2, -0.15) is 0 Å². The largest absolute Gasteiger partial charge is 0.345 e. The van der Waals surface area contributed by atoms with Crippen molar-refractivity contribution < 1.29 is 4.79 Å². The third kappa shape index (κ3) is 3.36. The number of hydrogen-bond donors (Lipinski definition) is 1. The predicted octanol–water partition coefficient (Wildman–Crippen LogP) is 5.91. The van der Waals surface area contributed by atoms with E-state index in [1.165, 1.54) is 5.56 Å². The standard InChI is InChI=1S/C21H23NOS/c1-4-14(2)16-9-11-17(12-10-16)15(3)22-21(23)19-13-24-20-8-6-5-7-18(19)20/h5-15H,4H2,1-3H3,(H,22,23). The van der Waals surface area contributed by atoms with Crippen molar-refractivity contribution in [2.24, 2.45) is 0 Å². The number of nitrogens with one attached hydrogen (secondary N) is 1. The average molecular weight is 337 g/mol. The van der Waals surface area contributed by atoms with E-state index in [0.717, 1.165) is 27.6 Å². The number of fused-ring (bicyclic) bond motifs is 1. The summed E-state index contributed by atoms with van der Waals surface area (Å²) in [7, 11) is 0. The number of thiophene rings is 1. The minimum absolute atomic E-state index is 0.00838. The second-order valence-corrected chi connectivity index (χ2v) is 7.23. The molecular formula is C21H23NOS. The molecule has 0 aliphatic rings. The van der Waals surface area contributed by atoms with E-state index in [0.29, 0.717) is 5.92 Å². The first-order valence-corrected chi connectivity index (χ1v) is 9.35. The Hall–Kier alpha value is -2.13. The normalized spacial score (nSPS) is 13.6. The summed E-state index contributed by atoms with van der Waals surface area (Å²) in [5, 5.41) is 6.09. The zero-order valence-corrected chi connectivity index (χ0v) is 15.2. The van der Waals surface area contributed by atoms with E-state index < -0.39 is 0 Å². The van der Waals surface area contributed by atoms with Crippen LogP contribution in [0.4, 0.5) is 0 Å². The first-order chi connectivity index (χ1) is 11.6. The maximum Gasteiger partial charge on any atom is 0.253 e. The molecular weight excluding hydrogens is 314 g/mol. The Morgan fingerprint density at radius 3 is 2.42 bits per heavy atom. The molecule has 3 rings (SSSR count). The van der Waals surface area contributed by atoms with Crippen molar-refractivity contribution in [3.05, 3.63) is 70.6 Å². The van der Waals surface area contributed by atoms with Gasteiger partial charge < -0.3 is 5.32 Å². The van der Waals surface area contributed by atoms with E-state index in [2.05, 4.69) is 43.4 Å². The second kappa shape index (κ2) is 7.18. The summed E-state index contributed by atoms with van der Waals surface area (Å²) in [6, 6.07) is 16.6. The molecule has 2 unspecified atom stereocenters. The van der Waals surface area contributed by atoms with Gasteiger partial charge in [-0.3, -0.25) is 4.79 Å². The fourth-order valence-electron chi connectivity index (χ4n) is 2.86. The maximum atomic E-state index is 12.6. The summed E-state index contributed by atoms with van der Waals surface area (Å²) < 4.78 is 1.15. The van der Waals surface area contributed by atoms with E-state index in [1.54, 1.807) is 11.3 Å². The van der Waals surface area contributed by atoms with Crippen molar-refractivity contribution >= 4 is 27.3 Å². The molecule has 1 amide bonds. The van der Waals surface area contributed by atoms with E-state index in [4.69, 9.17) is 0 Å². The van der Waals surface area contributed by atoms with Crippen LogP contribution in [0.3, 0.4) is 0 Å². The van der Waals surface area contributed by atoms with Crippen LogP contribution in [-0.2, 0) is 0 Å². The quantitative estimate of drug-likeness (QED) is 0.616. The van der Waals surface area contributed by atoms with Crippen LogP contribution in [0.2, 0.25) is 0 Å². The zero-order valence-electron chi connectivity index (χ0n) is 14.4. The molecule has 2 aromatic carbocycles. The molecule has 0 saturated carbocycles. The molecule has 0 saturated heterocycles. The molecule has 124 valence electrons. The van der Waals surface area contributed by atoms with Crippen LogP contribution in [0.15, 0.2) is 53.9 Å². The summed E-state index contributed by atoms with van der Waals surface area (Å²) in [6.07, 6.45) is 1.14. The monoisotopic (exact) mass is 337 g/mol. The van der Waals surface area contributed by atoms with Gasteiger partial charge in [-0.1, -0.05) is 56.3 Å². The summed E-state index contributed by atoms with van der Waals surface area (Å²) in [6.45, 7) is 6.47. The zero-order chi connectivity index (χ0) is 17.1. The van der Waals surface area contributed by atoms with Crippen molar-refractivity contribution in [2.45, 2.75) is 39.2 Å². The van der Waals surface area contributed by atoms with E-state index in [1.807, 2.05) is 36.6 Å². The lowest BCUT2D eigenvalue weighted by atomic mass is 9.96. The third-order valence-corrected chi connectivity index (χ3v) is 5.65. The topological polar surface area (TPSA) is 29.1 Å². The van der Waals surface area contributed by atoms with Crippen LogP contribution >= 0.6 is 11.3 Å². The van der Waals surface area contributed by atoms with Crippen molar-refractivity contribution in [1.82, 2.24) is 5.32 Å². The van der Waals surface area contributed by atoms with Crippen LogP contribution in [0.1, 0.15) is 60.6 Å². The Bertz CT molecular complexity index is 834. The van der Waals surface area contributed by atoms with Gasteiger partial charge in [0.05, 0.1) is 11.6 Å². The molecule has 0 bridgehead atoms. The number of amides is 1. The minimum atomic E-state index is -0.0119. The lowest BCUT2D eigenvalue weighted by Gasteiger charge is -2.16. The van der Waals surface area contributed by atoms with Gasteiger partial charge in [0.1, 0.15) is 0 Å². The number of hydrogen-bond acceptors (Lipinski definition) is 2. The Morgan fingerprint density at radius 2 is 1.71 bits per heavy atom. The van der Waals surface area contributed by atoms with Gasteiger partial charge in [-0.05, 0) is 36.5 Å².